The van der Waals surface area contributed by atoms with Gasteiger partial charge in [-0.15, -0.1) is 0 Å². The van der Waals surface area contributed by atoms with Crippen molar-refractivity contribution in [2.75, 3.05) is 25.0 Å². The van der Waals surface area contributed by atoms with Crippen molar-refractivity contribution < 1.29 is 53.3 Å². The smallest absolute Gasteiger partial charge is 0.317 e. The zero-order valence-electron chi connectivity index (χ0n) is 27.3. The molecular formula is C30H45N7O11. The fourth-order valence-corrected chi connectivity index (χ4v) is 4.14. The number of carboxylic acid groups (broad SMARTS) is 2. The fourth-order valence-electron chi connectivity index (χ4n) is 4.14. The Balaban J connectivity index is 3.12. The Morgan fingerprint density at radius 2 is 1.44 bits per heavy atom. The molecule has 0 fully saturated rings. The van der Waals surface area contributed by atoms with Crippen molar-refractivity contribution in [2.45, 2.75) is 71.7 Å². The number of rotatable bonds is 21. The molecule has 0 radical (unpaired) electrons. The van der Waals surface area contributed by atoms with E-state index >= 15 is 0 Å². The molecular weight excluding hydrogens is 634 g/mol. The van der Waals surface area contributed by atoms with Crippen LogP contribution < -0.4 is 37.6 Å². The van der Waals surface area contributed by atoms with Crippen LogP contribution in [0.5, 0.6) is 0 Å². The van der Waals surface area contributed by atoms with E-state index in [1.165, 1.54) is 13.8 Å². The molecule has 1 rings (SSSR count). The largest absolute Gasteiger partial charge is 0.481 e. The summed E-state index contributed by atoms with van der Waals surface area (Å²) in [6, 6.07) is 1.89. The van der Waals surface area contributed by atoms with Crippen LogP contribution in [0.15, 0.2) is 24.3 Å². The lowest BCUT2D eigenvalue weighted by Gasteiger charge is -2.28. The zero-order chi connectivity index (χ0) is 36.4. The van der Waals surface area contributed by atoms with E-state index < -0.39 is 90.5 Å². The summed E-state index contributed by atoms with van der Waals surface area (Å²) in [6.45, 7) is 5.11. The monoisotopic (exact) mass is 679 g/mol. The summed E-state index contributed by atoms with van der Waals surface area (Å²) in [7, 11) is 0. The van der Waals surface area contributed by atoms with Crippen LogP contribution in [0.4, 0.5) is 10.5 Å². The summed E-state index contributed by atoms with van der Waals surface area (Å²) in [5.74, 6) is -7.47. The number of esters is 1. The van der Waals surface area contributed by atoms with Gasteiger partial charge in [0.05, 0.1) is 13.0 Å². The predicted octanol–water partition coefficient (Wildman–Crippen LogP) is -0.968. The van der Waals surface area contributed by atoms with E-state index in [-0.39, 0.29) is 32.5 Å². The van der Waals surface area contributed by atoms with Crippen molar-refractivity contribution in [3.05, 3.63) is 29.8 Å². The third-order valence-electron chi connectivity index (χ3n) is 6.70. The van der Waals surface area contributed by atoms with Crippen LogP contribution in [0, 0.1) is 11.8 Å². The molecule has 48 heavy (non-hydrogen) atoms. The van der Waals surface area contributed by atoms with E-state index in [1.807, 2.05) is 0 Å². The topological polar surface area (TPSA) is 284 Å². The molecule has 0 aliphatic rings. The number of amides is 6. The van der Waals surface area contributed by atoms with E-state index in [2.05, 4.69) is 31.9 Å². The van der Waals surface area contributed by atoms with Gasteiger partial charge in [-0.1, -0.05) is 32.9 Å². The number of aliphatic carboxylic acids is 2. The van der Waals surface area contributed by atoms with E-state index in [0.29, 0.717) is 11.3 Å². The van der Waals surface area contributed by atoms with Crippen LogP contribution in [-0.4, -0.2) is 95.5 Å². The Labute approximate surface area is 277 Å². The molecule has 10 N–H and O–H groups in total. The number of carboxylic acids is 2. The number of hydrogen-bond acceptors (Lipinski definition) is 10. The van der Waals surface area contributed by atoms with Gasteiger partial charge in [0, 0.05) is 31.6 Å². The summed E-state index contributed by atoms with van der Waals surface area (Å²) < 4.78 is 4.95. The van der Waals surface area contributed by atoms with Gasteiger partial charge < -0.3 is 52.6 Å². The molecule has 1 aromatic carbocycles. The molecule has 0 saturated carbocycles. The maximum Gasteiger partial charge on any atom is 0.317 e. The Bertz CT molecular complexity index is 1300. The quantitative estimate of drug-likeness (QED) is 0.0561. The van der Waals surface area contributed by atoms with E-state index in [1.54, 1.807) is 38.1 Å². The number of carbonyl (C=O) groups excluding carboxylic acids is 6. The van der Waals surface area contributed by atoms with Crippen LogP contribution in [0.1, 0.15) is 52.5 Å². The number of ether oxygens (including phenoxy) is 1. The molecule has 18 heteroatoms. The number of hydrogen-bond donors (Lipinski definition) is 9. The number of nitrogens with two attached hydrogens (primary N) is 1. The first-order valence-electron chi connectivity index (χ1n) is 15.1. The molecule has 0 heterocycles. The highest BCUT2D eigenvalue weighted by Crippen LogP contribution is 2.13. The lowest BCUT2D eigenvalue weighted by atomic mass is 10.0. The maximum absolute atomic E-state index is 13.5. The molecule has 1 aromatic rings. The van der Waals surface area contributed by atoms with Gasteiger partial charge in [0.1, 0.15) is 24.7 Å². The number of nitrogens with one attached hydrogen (secondary N) is 6. The molecule has 4 atom stereocenters. The number of urea groups is 1. The second kappa shape index (κ2) is 20.8. The maximum atomic E-state index is 13.5. The summed E-state index contributed by atoms with van der Waals surface area (Å²) in [5, 5.41) is 33.1. The third kappa shape index (κ3) is 16.3. The van der Waals surface area contributed by atoms with Gasteiger partial charge in [-0.05, 0) is 36.5 Å². The SMILES string of the molecule is CC(=O)OCc1ccc(NC(=O)[C@H](CCCNC(N)=O)NC(=O)[C@@H](NC(=O)[C@H](CNCC(=O)O)NC(=O)C(C)CC(=O)O)C(C)C)cc1. The van der Waals surface area contributed by atoms with Gasteiger partial charge in [0.2, 0.25) is 23.6 Å². The first-order valence-corrected chi connectivity index (χ1v) is 15.1. The van der Waals surface area contributed by atoms with Gasteiger partial charge in [-0.2, -0.15) is 0 Å². The second-order valence-electron chi connectivity index (χ2n) is 11.3. The van der Waals surface area contributed by atoms with Crippen LogP contribution in [-0.2, 0) is 44.9 Å². The molecule has 266 valence electrons. The Hall–Kier alpha value is -5.26. The molecule has 0 aromatic heterocycles. The van der Waals surface area contributed by atoms with E-state index in [0.717, 1.165) is 0 Å². The normalized spacial score (nSPS) is 13.2. The second-order valence-corrected chi connectivity index (χ2v) is 11.3. The predicted molar refractivity (Wildman–Crippen MR) is 170 cm³/mol. The summed E-state index contributed by atoms with van der Waals surface area (Å²) in [4.78, 5) is 96.8. The molecule has 0 saturated heterocycles. The number of anilines is 1. The fraction of sp³-hybridized carbons (Fsp3) is 0.533. The molecule has 18 nitrogen and oxygen atoms in total. The molecule has 0 aliphatic heterocycles. The van der Waals surface area contributed by atoms with Crippen LogP contribution in [0.3, 0.4) is 0 Å². The van der Waals surface area contributed by atoms with Gasteiger partial charge in [0.15, 0.2) is 0 Å². The lowest BCUT2D eigenvalue weighted by Crippen LogP contribution is -2.60. The van der Waals surface area contributed by atoms with Gasteiger partial charge in [-0.3, -0.25) is 33.6 Å². The lowest BCUT2D eigenvalue weighted by molar-refractivity contribution is -0.142. The number of benzene rings is 1. The highest BCUT2D eigenvalue weighted by Gasteiger charge is 2.32. The van der Waals surface area contributed by atoms with Crippen LogP contribution >= 0.6 is 0 Å². The summed E-state index contributed by atoms with van der Waals surface area (Å²) >= 11 is 0. The molecule has 0 spiro atoms. The third-order valence-corrected chi connectivity index (χ3v) is 6.70. The number of carbonyl (C=O) groups is 8. The average Bonchev–Trinajstić information content (AvgIpc) is 2.99. The minimum atomic E-state index is -1.38. The van der Waals surface area contributed by atoms with Crippen molar-refractivity contribution in [3.63, 3.8) is 0 Å². The molecule has 1 unspecified atom stereocenters. The molecule has 0 aliphatic carbocycles. The standard InChI is InChI=1S/C30H45N7O11/c1-16(2)25(37-28(45)22(13-32-14-24(41)42)36-26(43)17(3)12-23(39)40)29(46)35-21(6-5-11-33-30(31)47)27(44)34-20-9-7-19(8-10-20)15-48-18(4)38/h7-10,16-17,21-22,25,32H,5-6,11-15H2,1-4H3,(H,34,44)(H,35,46)(H,36,43)(H,37,45)(H,39,40)(H,41,42)(H3,31,33,47)/t17?,21-,22-,25-/m0/s1. The average molecular weight is 680 g/mol. The molecule has 6 amide bonds. The highest BCUT2D eigenvalue weighted by molar-refractivity contribution is 5.99. The van der Waals surface area contributed by atoms with Crippen LogP contribution in [0.25, 0.3) is 0 Å². The van der Waals surface area contributed by atoms with Gasteiger partial charge in [-0.25, -0.2) is 4.79 Å². The van der Waals surface area contributed by atoms with Crippen molar-refractivity contribution in [3.8, 4) is 0 Å². The first kappa shape index (κ1) is 40.8. The van der Waals surface area contributed by atoms with E-state index in [4.69, 9.17) is 20.7 Å². The minimum Gasteiger partial charge on any atom is -0.481 e. The van der Waals surface area contributed by atoms with Gasteiger partial charge >= 0.3 is 23.9 Å². The Kier molecular flexibility index (Phi) is 17.6. The summed E-state index contributed by atoms with van der Waals surface area (Å²) in [5.41, 5.74) is 6.15. The highest BCUT2D eigenvalue weighted by atomic mass is 16.5. The summed E-state index contributed by atoms with van der Waals surface area (Å²) in [6.07, 6.45) is -0.226. The number of primary amides is 1. The zero-order valence-corrected chi connectivity index (χ0v) is 27.3. The van der Waals surface area contributed by atoms with Crippen molar-refractivity contribution in [1.29, 1.82) is 0 Å². The van der Waals surface area contributed by atoms with E-state index in [9.17, 15) is 38.4 Å². The Morgan fingerprint density at radius 1 is 0.812 bits per heavy atom. The first-order chi connectivity index (χ1) is 22.5. The van der Waals surface area contributed by atoms with Crippen molar-refractivity contribution in [2.24, 2.45) is 17.6 Å². The van der Waals surface area contributed by atoms with Crippen molar-refractivity contribution >= 4 is 53.3 Å². The molecule has 0 bridgehead atoms. The van der Waals surface area contributed by atoms with Gasteiger partial charge in [0.25, 0.3) is 0 Å². The van der Waals surface area contributed by atoms with Crippen molar-refractivity contribution in [1.82, 2.24) is 26.6 Å². The van der Waals surface area contributed by atoms with Crippen LogP contribution in [0.2, 0.25) is 0 Å². The Morgan fingerprint density at radius 3 is 1.98 bits per heavy atom. The minimum absolute atomic E-state index is 0.0406.